The largest absolute Gasteiger partial charge is 0.446 e. The van der Waals surface area contributed by atoms with Crippen LogP contribution in [0.3, 0.4) is 0 Å². The monoisotopic (exact) mass is 142 g/mol. The summed E-state index contributed by atoms with van der Waals surface area (Å²) in [6.45, 7) is 0. The maximum Gasteiger partial charge on any atom is 0.407 e. The van der Waals surface area contributed by atoms with Gasteiger partial charge in [-0.15, -0.1) is 0 Å². The third kappa shape index (κ3) is 1.90. The van der Waals surface area contributed by atoms with Gasteiger partial charge in [-0.25, -0.2) is 4.79 Å². The van der Waals surface area contributed by atoms with Crippen LogP contribution < -0.4 is 5.32 Å². The lowest BCUT2D eigenvalue weighted by Crippen LogP contribution is -2.24. The molecule has 0 aromatic carbocycles. The van der Waals surface area contributed by atoms with Crippen molar-refractivity contribution in [2.75, 3.05) is 7.05 Å². The van der Waals surface area contributed by atoms with Crippen LogP contribution in [-0.2, 0) is 4.74 Å². The Morgan fingerprint density at radius 2 is 2.60 bits per heavy atom. The third-order valence-electron chi connectivity index (χ3n) is 1.60. The molecule has 1 radical (unpaired) electrons. The molecule has 1 aliphatic carbocycles. The van der Waals surface area contributed by atoms with Crippen LogP contribution >= 0.6 is 0 Å². The molecule has 0 spiro atoms. The number of amides is 1. The van der Waals surface area contributed by atoms with E-state index in [9.17, 15) is 4.79 Å². The zero-order valence-corrected chi connectivity index (χ0v) is 6.09. The van der Waals surface area contributed by atoms with E-state index < -0.39 is 0 Å². The smallest absolute Gasteiger partial charge is 0.407 e. The highest BCUT2D eigenvalue weighted by Crippen LogP contribution is 2.19. The van der Waals surface area contributed by atoms with Crippen molar-refractivity contribution in [1.29, 1.82) is 0 Å². The summed E-state index contributed by atoms with van der Waals surface area (Å²) in [6.07, 6.45) is 4.91. The van der Waals surface area contributed by atoms with Gasteiger partial charge in [0.25, 0.3) is 0 Å². The zero-order chi connectivity index (χ0) is 7.40. The average molecular weight is 142 g/mol. The molecule has 1 amide bonds. The normalized spacial score (nSPS) is 18.9. The van der Waals surface area contributed by atoms with Crippen LogP contribution in [0.15, 0.2) is 0 Å². The predicted molar refractivity (Wildman–Crippen MR) is 37.5 cm³/mol. The van der Waals surface area contributed by atoms with Crippen molar-refractivity contribution in [2.45, 2.75) is 25.4 Å². The molecular formula is C7H12NO2. The number of alkyl carbamates (subject to hydrolysis) is 1. The maximum atomic E-state index is 10.6. The molecule has 1 unspecified atom stereocenters. The van der Waals surface area contributed by atoms with Crippen LogP contribution in [0.25, 0.3) is 0 Å². The first kappa shape index (κ1) is 7.38. The van der Waals surface area contributed by atoms with Gasteiger partial charge in [0.2, 0.25) is 0 Å². The molecule has 0 aliphatic heterocycles. The van der Waals surface area contributed by atoms with E-state index in [1.807, 2.05) is 0 Å². The van der Waals surface area contributed by atoms with Crippen LogP contribution in [0.1, 0.15) is 19.3 Å². The fourth-order valence-corrected chi connectivity index (χ4v) is 1.04. The molecule has 1 aliphatic rings. The van der Waals surface area contributed by atoms with Gasteiger partial charge in [-0.1, -0.05) is 0 Å². The number of carbonyl (C=O) groups is 1. The van der Waals surface area contributed by atoms with E-state index in [2.05, 4.69) is 11.7 Å². The van der Waals surface area contributed by atoms with Gasteiger partial charge in [0, 0.05) is 7.05 Å². The Morgan fingerprint density at radius 1 is 1.80 bits per heavy atom. The zero-order valence-electron chi connectivity index (χ0n) is 6.09. The summed E-state index contributed by atoms with van der Waals surface area (Å²) in [6, 6.07) is 0. The van der Waals surface area contributed by atoms with Crippen molar-refractivity contribution in [3.8, 4) is 0 Å². The second kappa shape index (κ2) is 3.44. The summed E-state index contributed by atoms with van der Waals surface area (Å²) < 4.78 is 4.98. The van der Waals surface area contributed by atoms with E-state index in [1.54, 1.807) is 7.05 Å². The van der Waals surface area contributed by atoms with Crippen LogP contribution in [0, 0.1) is 6.42 Å². The summed E-state index contributed by atoms with van der Waals surface area (Å²) in [4.78, 5) is 10.6. The predicted octanol–water partition coefficient (Wildman–Crippen LogP) is 1.10. The van der Waals surface area contributed by atoms with Crippen molar-refractivity contribution in [3.63, 3.8) is 0 Å². The molecule has 1 atom stereocenters. The van der Waals surface area contributed by atoms with Crippen LogP contribution in [-0.4, -0.2) is 19.2 Å². The Labute approximate surface area is 60.7 Å². The van der Waals surface area contributed by atoms with Crippen molar-refractivity contribution in [2.24, 2.45) is 0 Å². The van der Waals surface area contributed by atoms with Gasteiger partial charge < -0.3 is 10.1 Å². The number of nitrogens with one attached hydrogen (secondary N) is 1. The molecule has 0 saturated heterocycles. The Bertz CT molecular complexity index is 119. The molecule has 1 fully saturated rings. The summed E-state index contributed by atoms with van der Waals surface area (Å²) >= 11 is 0. The first-order valence-electron chi connectivity index (χ1n) is 3.53. The molecule has 10 heavy (non-hydrogen) atoms. The van der Waals surface area contributed by atoms with E-state index >= 15 is 0 Å². The summed E-state index contributed by atoms with van der Waals surface area (Å²) in [5, 5.41) is 2.42. The second-order valence-corrected chi connectivity index (χ2v) is 2.38. The number of hydrogen-bond acceptors (Lipinski definition) is 2. The fraction of sp³-hybridized carbons (Fsp3) is 0.714. The maximum absolute atomic E-state index is 10.6. The Hall–Kier alpha value is -0.730. The van der Waals surface area contributed by atoms with Crippen molar-refractivity contribution in [1.82, 2.24) is 5.32 Å². The third-order valence-corrected chi connectivity index (χ3v) is 1.60. The number of hydrogen-bond donors (Lipinski definition) is 1. The van der Waals surface area contributed by atoms with Gasteiger partial charge in [0.1, 0.15) is 6.10 Å². The summed E-state index contributed by atoms with van der Waals surface area (Å²) in [5.41, 5.74) is 0. The van der Waals surface area contributed by atoms with Crippen LogP contribution in [0.4, 0.5) is 4.79 Å². The second-order valence-electron chi connectivity index (χ2n) is 2.38. The molecular weight excluding hydrogens is 130 g/mol. The molecule has 0 aromatic rings. The molecule has 1 saturated carbocycles. The van der Waals surface area contributed by atoms with Gasteiger partial charge in [0.05, 0.1) is 0 Å². The highest BCUT2D eigenvalue weighted by atomic mass is 16.6. The van der Waals surface area contributed by atoms with Gasteiger partial charge in [-0.05, 0) is 25.7 Å². The topological polar surface area (TPSA) is 38.3 Å². The Balaban J connectivity index is 2.17. The molecule has 0 bridgehead atoms. The van der Waals surface area contributed by atoms with Crippen molar-refractivity contribution >= 4 is 6.09 Å². The minimum absolute atomic E-state index is 0.125. The van der Waals surface area contributed by atoms with Gasteiger partial charge >= 0.3 is 6.09 Å². The van der Waals surface area contributed by atoms with Crippen molar-refractivity contribution in [3.05, 3.63) is 6.42 Å². The lowest BCUT2D eigenvalue weighted by atomic mass is 10.3. The molecule has 0 aromatic heterocycles. The van der Waals surface area contributed by atoms with E-state index in [0.717, 1.165) is 19.3 Å². The summed E-state index contributed by atoms with van der Waals surface area (Å²) in [5.74, 6) is 0. The fourth-order valence-electron chi connectivity index (χ4n) is 1.04. The minimum Gasteiger partial charge on any atom is -0.446 e. The minimum atomic E-state index is -0.319. The van der Waals surface area contributed by atoms with Crippen molar-refractivity contribution < 1.29 is 9.53 Å². The molecule has 57 valence electrons. The molecule has 3 heteroatoms. The van der Waals surface area contributed by atoms with E-state index in [4.69, 9.17) is 4.74 Å². The Kier molecular flexibility index (Phi) is 2.54. The van der Waals surface area contributed by atoms with Gasteiger partial charge in [0.15, 0.2) is 0 Å². The van der Waals surface area contributed by atoms with Gasteiger partial charge in [-0.2, -0.15) is 0 Å². The Morgan fingerprint density at radius 3 is 3.10 bits per heavy atom. The first-order valence-corrected chi connectivity index (χ1v) is 3.53. The van der Waals surface area contributed by atoms with E-state index in [0.29, 0.717) is 0 Å². The molecule has 1 rings (SSSR count). The number of ether oxygens (including phenoxy) is 1. The average Bonchev–Trinajstić information content (AvgIpc) is 2.40. The van der Waals surface area contributed by atoms with Crippen LogP contribution in [0.5, 0.6) is 0 Å². The van der Waals surface area contributed by atoms with E-state index in [1.165, 1.54) is 0 Å². The highest BCUT2D eigenvalue weighted by molar-refractivity contribution is 5.66. The SMILES string of the molecule is CNC(=O)OC1C[CH]CC1. The lowest BCUT2D eigenvalue weighted by molar-refractivity contribution is 0.104. The van der Waals surface area contributed by atoms with Gasteiger partial charge in [-0.3, -0.25) is 0 Å². The lowest BCUT2D eigenvalue weighted by Gasteiger charge is -2.09. The molecule has 0 heterocycles. The molecule has 1 N–H and O–H groups in total. The standard InChI is InChI=1S/C7H12NO2/c1-8-7(9)10-6-4-2-3-5-6/h2,6H,3-5H2,1H3,(H,8,9). The number of rotatable bonds is 1. The van der Waals surface area contributed by atoms with E-state index in [-0.39, 0.29) is 12.2 Å². The number of carbonyl (C=O) groups excluding carboxylic acids is 1. The molecule has 3 nitrogen and oxygen atoms in total. The quantitative estimate of drug-likeness (QED) is 0.595. The first-order chi connectivity index (χ1) is 4.83. The summed E-state index contributed by atoms with van der Waals surface area (Å²) in [7, 11) is 1.57. The highest BCUT2D eigenvalue weighted by Gasteiger charge is 2.18. The van der Waals surface area contributed by atoms with Crippen LogP contribution in [0.2, 0.25) is 0 Å².